The first-order chi connectivity index (χ1) is 12.8. The van der Waals surface area contributed by atoms with E-state index in [0.717, 1.165) is 22.3 Å². The van der Waals surface area contributed by atoms with Gasteiger partial charge in [0.15, 0.2) is 0 Å². The molecule has 0 atom stereocenters. The molecule has 0 fully saturated rings. The van der Waals surface area contributed by atoms with Crippen LogP contribution in [0.15, 0.2) is 66.7 Å². The fraction of sp³-hybridized carbons (Fsp3) is 0.208. The molecule has 0 aliphatic heterocycles. The highest BCUT2D eigenvalue weighted by molar-refractivity contribution is 5.91. The van der Waals surface area contributed by atoms with E-state index in [0.29, 0.717) is 17.1 Å². The maximum Gasteiger partial charge on any atom is 0.343 e. The predicted octanol–water partition coefficient (Wildman–Crippen LogP) is 5.55. The van der Waals surface area contributed by atoms with Crippen LogP contribution in [0.3, 0.4) is 0 Å². The quantitative estimate of drug-likeness (QED) is 0.490. The molecule has 0 aromatic heterocycles. The van der Waals surface area contributed by atoms with E-state index >= 15 is 0 Å². The molecule has 3 nitrogen and oxygen atoms in total. The number of carbonyl (C=O) groups excluding carboxylic acids is 1. The minimum Gasteiger partial charge on any atom is -0.508 e. The third-order valence-corrected chi connectivity index (χ3v) is 5.03. The molecule has 0 spiro atoms. The standard InChI is InChI=1S/C24H24O3/c1-16-14-19(10-12-21(16)25)24(3,4)20-11-13-22(17(2)15-20)27-23(26)18-8-6-5-7-9-18/h5-15,25H,1-4H3. The van der Waals surface area contributed by atoms with Crippen molar-refractivity contribution in [1.29, 1.82) is 0 Å². The van der Waals surface area contributed by atoms with Crippen LogP contribution in [0.4, 0.5) is 0 Å². The maximum atomic E-state index is 12.3. The lowest BCUT2D eigenvalue weighted by molar-refractivity contribution is 0.0733. The van der Waals surface area contributed by atoms with Crippen LogP contribution in [-0.2, 0) is 5.41 Å². The summed E-state index contributed by atoms with van der Waals surface area (Å²) >= 11 is 0. The van der Waals surface area contributed by atoms with Gasteiger partial charge in [0.25, 0.3) is 0 Å². The number of aryl methyl sites for hydroxylation is 2. The van der Waals surface area contributed by atoms with E-state index in [1.807, 2.05) is 56.3 Å². The Labute approximate surface area is 160 Å². The summed E-state index contributed by atoms with van der Waals surface area (Å²) in [5.74, 6) is 0.499. The lowest BCUT2D eigenvalue weighted by atomic mass is 9.77. The molecule has 1 N–H and O–H groups in total. The second-order valence-corrected chi connectivity index (χ2v) is 7.36. The topological polar surface area (TPSA) is 46.5 Å². The van der Waals surface area contributed by atoms with Crippen molar-refractivity contribution >= 4 is 5.97 Å². The molecule has 3 aromatic carbocycles. The molecule has 0 radical (unpaired) electrons. The molecule has 0 aliphatic rings. The van der Waals surface area contributed by atoms with Gasteiger partial charge in [0, 0.05) is 5.41 Å². The smallest absolute Gasteiger partial charge is 0.343 e. The number of rotatable bonds is 4. The minimum atomic E-state index is -0.361. The summed E-state index contributed by atoms with van der Waals surface area (Å²) in [5.41, 5.74) is 4.27. The number of hydrogen-bond donors (Lipinski definition) is 1. The van der Waals surface area contributed by atoms with E-state index in [-0.39, 0.29) is 11.4 Å². The number of carbonyl (C=O) groups is 1. The zero-order valence-corrected chi connectivity index (χ0v) is 16.1. The Balaban J connectivity index is 1.87. The normalized spacial score (nSPS) is 11.3. The molecular weight excluding hydrogens is 336 g/mol. The minimum absolute atomic E-state index is 0.245. The van der Waals surface area contributed by atoms with Gasteiger partial charge < -0.3 is 9.84 Å². The summed E-state index contributed by atoms with van der Waals surface area (Å²) in [6.07, 6.45) is 0. The summed E-state index contributed by atoms with van der Waals surface area (Å²) in [6.45, 7) is 8.12. The van der Waals surface area contributed by atoms with Crippen molar-refractivity contribution in [1.82, 2.24) is 0 Å². The van der Waals surface area contributed by atoms with Gasteiger partial charge in [-0.15, -0.1) is 0 Å². The highest BCUT2D eigenvalue weighted by atomic mass is 16.5. The Morgan fingerprint density at radius 2 is 1.44 bits per heavy atom. The number of esters is 1. The molecular formula is C24H24O3. The molecule has 3 aromatic rings. The largest absolute Gasteiger partial charge is 0.508 e. The van der Waals surface area contributed by atoms with Gasteiger partial charge in [0.1, 0.15) is 11.5 Å². The summed E-state index contributed by atoms with van der Waals surface area (Å²) < 4.78 is 5.57. The van der Waals surface area contributed by atoms with E-state index in [4.69, 9.17) is 4.74 Å². The van der Waals surface area contributed by atoms with Gasteiger partial charge in [0.05, 0.1) is 5.56 Å². The molecule has 3 heteroatoms. The molecule has 0 unspecified atom stereocenters. The van der Waals surface area contributed by atoms with Gasteiger partial charge in [0.2, 0.25) is 0 Å². The Morgan fingerprint density at radius 3 is 2.04 bits per heavy atom. The average Bonchev–Trinajstić information content (AvgIpc) is 2.66. The zero-order chi connectivity index (χ0) is 19.6. The van der Waals surface area contributed by atoms with Crippen molar-refractivity contribution < 1.29 is 14.6 Å². The van der Waals surface area contributed by atoms with Crippen molar-refractivity contribution in [3.05, 3.63) is 94.5 Å². The molecule has 27 heavy (non-hydrogen) atoms. The first-order valence-electron chi connectivity index (χ1n) is 8.97. The number of benzene rings is 3. The molecule has 138 valence electrons. The van der Waals surface area contributed by atoms with Crippen molar-refractivity contribution in [3.63, 3.8) is 0 Å². The average molecular weight is 360 g/mol. The highest BCUT2D eigenvalue weighted by Crippen LogP contribution is 2.35. The lowest BCUT2D eigenvalue weighted by Crippen LogP contribution is -2.19. The third kappa shape index (κ3) is 3.87. The fourth-order valence-electron chi connectivity index (χ4n) is 3.10. The first kappa shape index (κ1) is 18.7. The van der Waals surface area contributed by atoms with Crippen molar-refractivity contribution in [2.45, 2.75) is 33.1 Å². The number of ether oxygens (including phenoxy) is 1. The summed E-state index contributed by atoms with van der Waals surface area (Å²) in [4.78, 5) is 12.3. The maximum absolute atomic E-state index is 12.3. The monoisotopic (exact) mass is 360 g/mol. The van der Waals surface area contributed by atoms with Crippen molar-refractivity contribution in [2.75, 3.05) is 0 Å². The summed E-state index contributed by atoms with van der Waals surface area (Å²) in [5, 5.41) is 9.79. The van der Waals surface area contributed by atoms with Gasteiger partial charge in [-0.3, -0.25) is 0 Å². The van der Waals surface area contributed by atoms with E-state index in [1.165, 1.54) is 0 Å². The molecule has 3 rings (SSSR count). The molecule has 0 heterocycles. The number of phenolic OH excluding ortho intramolecular Hbond substituents is 1. The van der Waals surface area contributed by atoms with Crippen LogP contribution in [-0.4, -0.2) is 11.1 Å². The van der Waals surface area contributed by atoms with E-state index in [9.17, 15) is 9.90 Å². The zero-order valence-electron chi connectivity index (χ0n) is 16.1. The highest BCUT2D eigenvalue weighted by Gasteiger charge is 2.24. The Bertz CT molecular complexity index is 972. The van der Waals surface area contributed by atoms with Gasteiger partial charge >= 0.3 is 5.97 Å². The molecule has 0 saturated carbocycles. The van der Waals surface area contributed by atoms with Crippen LogP contribution in [0, 0.1) is 13.8 Å². The second kappa shape index (κ2) is 7.28. The summed E-state index contributed by atoms with van der Waals surface area (Å²) in [7, 11) is 0. The molecule has 0 bridgehead atoms. The predicted molar refractivity (Wildman–Crippen MR) is 108 cm³/mol. The molecule has 0 aliphatic carbocycles. The van der Waals surface area contributed by atoms with Crippen LogP contribution >= 0.6 is 0 Å². The van der Waals surface area contributed by atoms with Gasteiger partial charge in [-0.25, -0.2) is 4.79 Å². The summed E-state index contributed by atoms with van der Waals surface area (Å²) in [6, 6.07) is 20.5. The SMILES string of the molecule is Cc1cc(C(C)(C)c2ccc(OC(=O)c3ccccc3)c(C)c2)ccc1O. The molecule has 0 saturated heterocycles. The Kier molecular flexibility index (Phi) is 5.04. The Morgan fingerprint density at radius 1 is 0.852 bits per heavy atom. The number of aromatic hydroxyl groups is 1. The van der Waals surface area contributed by atoms with Crippen LogP contribution in [0.5, 0.6) is 11.5 Å². The van der Waals surface area contributed by atoms with Gasteiger partial charge in [-0.2, -0.15) is 0 Å². The Hall–Kier alpha value is -3.07. The van der Waals surface area contributed by atoms with Crippen LogP contribution in [0.2, 0.25) is 0 Å². The van der Waals surface area contributed by atoms with Gasteiger partial charge in [-0.05, 0) is 60.4 Å². The van der Waals surface area contributed by atoms with Crippen LogP contribution in [0.1, 0.15) is 46.5 Å². The number of phenols is 1. The fourth-order valence-corrected chi connectivity index (χ4v) is 3.10. The number of hydrogen-bond acceptors (Lipinski definition) is 3. The third-order valence-electron chi connectivity index (χ3n) is 5.03. The van der Waals surface area contributed by atoms with Crippen molar-refractivity contribution in [2.24, 2.45) is 0 Å². The van der Waals surface area contributed by atoms with Crippen LogP contribution in [0.25, 0.3) is 0 Å². The lowest BCUT2D eigenvalue weighted by Gasteiger charge is -2.27. The van der Waals surface area contributed by atoms with E-state index in [2.05, 4.69) is 19.9 Å². The van der Waals surface area contributed by atoms with Gasteiger partial charge in [-0.1, -0.05) is 56.3 Å². The first-order valence-corrected chi connectivity index (χ1v) is 8.97. The van der Waals surface area contributed by atoms with E-state index < -0.39 is 0 Å². The molecule has 0 amide bonds. The van der Waals surface area contributed by atoms with Crippen molar-refractivity contribution in [3.8, 4) is 11.5 Å². The van der Waals surface area contributed by atoms with E-state index in [1.54, 1.807) is 18.2 Å². The van der Waals surface area contributed by atoms with Crippen LogP contribution < -0.4 is 4.74 Å². The second-order valence-electron chi connectivity index (χ2n) is 7.36.